The van der Waals surface area contributed by atoms with Gasteiger partial charge < -0.3 is 5.21 Å². The zero-order valence-corrected chi connectivity index (χ0v) is 8.83. The summed E-state index contributed by atoms with van der Waals surface area (Å²) in [6.07, 6.45) is 3.72. The molecule has 1 rings (SSSR count). The van der Waals surface area contributed by atoms with E-state index in [9.17, 15) is 5.21 Å². The van der Waals surface area contributed by atoms with Gasteiger partial charge >= 0.3 is 0 Å². The first kappa shape index (κ1) is 10.1. The van der Waals surface area contributed by atoms with Crippen LogP contribution in [0.25, 0.3) is 0 Å². The number of aromatic nitrogens is 2. The lowest BCUT2D eigenvalue weighted by Crippen LogP contribution is -2.13. The summed E-state index contributed by atoms with van der Waals surface area (Å²) in [4.78, 5) is 4.26. The molecule has 74 valence electrons. The van der Waals surface area contributed by atoms with Crippen molar-refractivity contribution in [3.63, 3.8) is 0 Å². The summed E-state index contributed by atoms with van der Waals surface area (Å²) in [5.41, 5.74) is 1.23. The van der Waals surface area contributed by atoms with Gasteiger partial charge in [-0.3, -0.25) is 0 Å². The second-order valence-electron chi connectivity index (χ2n) is 4.32. The van der Waals surface area contributed by atoms with Crippen LogP contribution in [0.5, 0.6) is 0 Å². The van der Waals surface area contributed by atoms with E-state index in [1.165, 1.54) is 0 Å². The van der Waals surface area contributed by atoms with Crippen molar-refractivity contribution in [1.82, 2.24) is 9.71 Å². The molecule has 0 aliphatic rings. The zero-order valence-electron chi connectivity index (χ0n) is 8.83. The Hall–Kier alpha value is -0.990. The van der Waals surface area contributed by atoms with Crippen LogP contribution >= 0.6 is 0 Å². The van der Waals surface area contributed by atoms with Gasteiger partial charge in [0.25, 0.3) is 0 Å². The molecule has 0 aromatic carbocycles. The van der Waals surface area contributed by atoms with Gasteiger partial charge in [-0.1, -0.05) is 27.2 Å². The molecule has 0 aliphatic carbocycles. The first-order valence-corrected chi connectivity index (χ1v) is 4.69. The van der Waals surface area contributed by atoms with Crippen LogP contribution in [0.1, 0.15) is 38.7 Å². The monoisotopic (exact) mass is 182 g/mol. The Morgan fingerprint density at radius 1 is 1.54 bits per heavy atom. The van der Waals surface area contributed by atoms with Crippen molar-refractivity contribution in [3.8, 4) is 0 Å². The first-order valence-electron chi connectivity index (χ1n) is 4.69. The number of nitrogens with zero attached hydrogens (tertiary/aromatic N) is 2. The van der Waals surface area contributed by atoms with Gasteiger partial charge in [0.1, 0.15) is 5.82 Å². The molecular weight excluding hydrogens is 164 g/mol. The summed E-state index contributed by atoms with van der Waals surface area (Å²) in [5.74, 6) is 0.655. The van der Waals surface area contributed by atoms with Gasteiger partial charge in [0.05, 0.1) is 11.9 Å². The molecule has 0 bridgehead atoms. The van der Waals surface area contributed by atoms with Crippen LogP contribution in [-0.2, 0) is 6.42 Å². The Labute approximate surface area is 79.4 Å². The summed E-state index contributed by atoms with van der Waals surface area (Å²) < 4.78 is 1.08. The van der Waals surface area contributed by atoms with Crippen LogP contribution in [0.15, 0.2) is 6.20 Å². The number of hydrogen-bond acceptors (Lipinski definition) is 2. The highest BCUT2D eigenvalue weighted by Gasteiger charge is 2.17. The summed E-state index contributed by atoms with van der Waals surface area (Å²) in [5, 5.41) is 9.26. The van der Waals surface area contributed by atoms with Crippen molar-refractivity contribution in [2.24, 2.45) is 5.41 Å². The van der Waals surface area contributed by atoms with Crippen LogP contribution in [0.2, 0.25) is 0 Å². The smallest absolute Gasteiger partial charge is 0.141 e. The lowest BCUT2D eigenvalue weighted by atomic mass is 9.85. The molecule has 3 nitrogen and oxygen atoms in total. The fourth-order valence-electron chi connectivity index (χ4n) is 1.22. The molecule has 1 aromatic heterocycles. The highest BCUT2D eigenvalue weighted by Crippen LogP contribution is 2.24. The average molecular weight is 182 g/mol. The van der Waals surface area contributed by atoms with E-state index in [1.807, 2.05) is 0 Å². The Balaban J connectivity index is 2.75. The molecule has 0 saturated heterocycles. The van der Waals surface area contributed by atoms with Gasteiger partial charge in [0, 0.05) is 0 Å². The summed E-state index contributed by atoms with van der Waals surface area (Å²) in [6, 6.07) is 0. The molecule has 0 fully saturated rings. The molecule has 0 saturated carbocycles. The lowest BCUT2D eigenvalue weighted by molar-refractivity contribution is 0.178. The minimum Gasteiger partial charge on any atom is -0.427 e. The van der Waals surface area contributed by atoms with E-state index < -0.39 is 0 Å². The van der Waals surface area contributed by atoms with Crippen LogP contribution < -0.4 is 0 Å². The minimum atomic E-state index is 0.265. The Bertz CT molecular complexity index is 270. The van der Waals surface area contributed by atoms with Gasteiger partial charge in [-0.05, 0) is 18.8 Å². The molecule has 1 heterocycles. The van der Waals surface area contributed by atoms with Gasteiger partial charge in [-0.25, -0.2) is 4.98 Å². The highest BCUT2D eigenvalue weighted by atomic mass is 16.5. The van der Waals surface area contributed by atoms with Crippen LogP contribution in [0, 0.1) is 12.3 Å². The Kier molecular flexibility index (Phi) is 2.64. The van der Waals surface area contributed by atoms with E-state index in [4.69, 9.17) is 0 Å². The quantitative estimate of drug-likeness (QED) is 0.729. The van der Waals surface area contributed by atoms with Crippen LogP contribution in [-0.4, -0.2) is 14.9 Å². The summed E-state index contributed by atoms with van der Waals surface area (Å²) >= 11 is 0. The first-order chi connectivity index (χ1) is 5.94. The molecular formula is C10H18N2O. The van der Waals surface area contributed by atoms with Gasteiger partial charge in [0.2, 0.25) is 0 Å². The van der Waals surface area contributed by atoms with E-state index in [0.717, 1.165) is 23.3 Å². The Morgan fingerprint density at radius 2 is 2.15 bits per heavy atom. The van der Waals surface area contributed by atoms with E-state index in [0.29, 0.717) is 5.82 Å². The molecule has 13 heavy (non-hydrogen) atoms. The Morgan fingerprint density at radius 3 is 2.54 bits per heavy atom. The van der Waals surface area contributed by atoms with Gasteiger partial charge in [-0.2, -0.15) is 4.73 Å². The standard InChI is InChI=1S/C10H18N2O/c1-5-10(3,4)6-9-7-12(13)8(2)11-9/h7,13H,5-6H2,1-4H3. The maximum Gasteiger partial charge on any atom is 0.141 e. The molecule has 0 atom stereocenters. The summed E-state index contributed by atoms with van der Waals surface area (Å²) in [6.45, 7) is 8.38. The van der Waals surface area contributed by atoms with Crippen molar-refractivity contribution in [2.45, 2.75) is 40.5 Å². The molecule has 0 aliphatic heterocycles. The molecule has 0 unspecified atom stereocenters. The fourth-order valence-corrected chi connectivity index (χ4v) is 1.22. The van der Waals surface area contributed by atoms with E-state index in [-0.39, 0.29) is 5.41 Å². The topological polar surface area (TPSA) is 38.0 Å². The number of rotatable bonds is 3. The SMILES string of the molecule is CCC(C)(C)Cc1cn(O)c(C)n1. The third-order valence-corrected chi connectivity index (χ3v) is 2.53. The summed E-state index contributed by atoms with van der Waals surface area (Å²) in [7, 11) is 0. The normalized spacial score (nSPS) is 12.0. The zero-order chi connectivity index (χ0) is 10.1. The maximum absolute atomic E-state index is 9.26. The molecule has 1 N–H and O–H groups in total. The van der Waals surface area contributed by atoms with Crippen molar-refractivity contribution < 1.29 is 5.21 Å². The van der Waals surface area contributed by atoms with Gasteiger partial charge in [-0.15, -0.1) is 0 Å². The predicted molar refractivity (Wildman–Crippen MR) is 51.9 cm³/mol. The predicted octanol–water partition coefficient (Wildman–Crippen LogP) is 2.41. The van der Waals surface area contributed by atoms with Crippen LogP contribution in [0.4, 0.5) is 0 Å². The molecule has 1 aromatic rings. The third-order valence-electron chi connectivity index (χ3n) is 2.53. The van der Waals surface area contributed by atoms with Crippen molar-refractivity contribution in [2.75, 3.05) is 0 Å². The van der Waals surface area contributed by atoms with E-state index >= 15 is 0 Å². The molecule has 3 heteroatoms. The van der Waals surface area contributed by atoms with Crippen molar-refractivity contribution >= 4 is 0 Å². The highest BCUT2D eigenvalue weighted by molar-refractivity contribution is 5.03. The molecule has 0 amide bonds. The molecule has 0 spiro atoms. The van der Waals surface area contributed by atoms with Crippen molar-refractivity contribution in [3.05, 3.63) is 17.7 Å². The second-order valence-corrected chi connectivity index (χ2v) is 4.32. The van der Waals surface area contributed by atoms with Crippen molar-refractivity contribution in [1.29, 1.82) is 0 Å². The average Bonchev–Trinajstić information content (AvgIpc) is 2.30. The molecule has 0 radical (unpaired) electrons. The number of hydrogen-bond donors (Lipinski definition) is 1. The maximum atomic E-state index is 9.26. The fraction of sp³-hybridized carbons (Fsp3) is 0.700. The minimum absolute atomic E-state index is 0.265. The third kappa shape index (κ3) is 2.47. The largest absolute Gasteiger partial charge is 0.427 e. The lowest BCUT2D eigenvalue weighted by Gasteiger charge is -2.20. The van der Waals surface area contributed by atoms with E-state index in [1.54, 1.807) is 13.1 Å². The van der Waals surface area contributed by atoms with Crippen LogP contribution in [0.3, 0.4) is 0 Å². The number of aryl methyl sites for hydroxylation is 1. The second kappa shape index (κ2) is 3.40. The number of imidazole rings is 1. The van der Waals surface area contributed by atoms with E-state index in [2.05, 4.69) is 25.8 Å². The van der Waals surface area contributed by atoms with Gasteiger partial charge in [0.15, 0.2) is 0 Å².